The predicted octanol–water partition coefficient (Wildman–Crippen LogP) is 2.79. The van der Waals surface area contributed by atoms with Gasteiger partial charge in [-0.25, -0.2) is 9.97 Å². The first-order chi connectivity index (χ1) is 14.5. The zero-order valence-electron chi connectivity index (χ0n) is 16.6. The molecule has 1 aliphatic heterocycles. The number of aromatic nitrogens is 2. The van der Waals surface area contributed by atoms with E-state index in [1.807, 2.05) is 26.0 Å². The molecule has 8 nitrogen and oxygen atoms in total. The Hall–Kier alpha value is -2.82. The van der Waals surface area contributed by atoms with Gasteiger partial charge >= 0.3 is 0 Å². The highest BCUT2D eigenvalue weighted by molar-refractivity contribution is 7.14. The van der Waals surface area contributed by atoms with Crippen LogP contribution in [-0.2, 0) is 4.74 Å². The fourth-order valence-corrected chi connectivity index (χ4v) is 4.81. The van der Waals surface area contributed by atoms with Crippen LogP contribution in [0.1, 0.15) is 32.1 Å². The van der Waals surface area contributed by atoms with E-state index in [1.54, 1.807) is 10.8 Å². The number of hydrazine groups is 1. The van der Waals surface area contributed by atoms with E-state index in [4.69, 9.17) is 4.74 Å². The first-order valence-electron chi connectivity index (χ1n) is 9.43. The zero-order valence-corrected chi connectivity index (χ0v) is 18.2. The number of anilines is 1. The van der Waals surface area contributed by atoms with E-state index in [1.165, 1.54) is 28.2 Å². The van der Waals surface area contributed by atoms with E-state index in [2.05, 4.69) is 31.8 Å². The molecule has 3 aromatic rings. The SMILES string of the molecule is Cc1ccc(-c2nc(C(=O)NNC(=O)c3csc(N4CCOCC4)n3)cs2)c(C)c1. The molecule has 1 aliphatic rings. The summed E-state index contributed by atoms with van der Waals surface area (Å²) < 4.78 is 5.33. The van der Waals surface area contributed by atoms with E-state index < -0.39 is 11.8 Å². The third kappa shape index (κ3) is 4.50. The van der Waals surface area contributed by atoms with E-state index in [-0.39, 0.29) is 11.4 Å². The van der Waals surface area contributed by atoms with Gasteiger partial charge in [-0.05, 0) is 19.4 Å². The maximum atomic E-state index is 12.4. The molecule has 156 valence electrons. The summed E-state index contributed by atoms with van der Waals surface area (Å²) >= 11 is 2.78. The monoisotopic (exact) mass is 443 g/mol. The Morgan fingerprint density at radius 2 is 1.67 bits per heavy atom. The topological polar surface area (TPSA) is 96.5 Å². The molecule has 0 saturated carbocycles. The molecule has 3 heterocycles. The minimum absolute atomic E-state index is 0.252. The van der Waals surface area contributed by atoms with Gasteiger partial charge in [0, 0.05) is 29.4 Å². The molecule has 30 heavy (non-hydrogen) atoms. The maximum absolute atomic E-state index is 12.4. The number of nitrogens with one attached hydrogen (secondary N) is 2. The molecule has 1 aromatic carbocycles. The van der Waals surface area contributed by atoms with Crippen molar-refractivity contribution >= 4 is 39.6 Å². The summed E-state index contributed by atoms with van der Waals surface area (Å²) in [7, 11) is 0. The number of hydrogen-bond donors (Lipinski definition) is 2. The molecule has 0 bridgehead atoms. The van der Waals surface area contributed by atoms with E-state index in [0.29, 0.717) is 13.2 Å². The van der Waals surface area contributed by atoms with Gasteiger partial charge < -0.3 is 9.64 Å². The minimum Gasteiger partial charge on any atom is -0.378 e. The number of morpholine rings is 1. The van der Waals surface area contributed by atoms with Gasteiger partial charge in [-0.3, -0.25) is 20.4 Å². The average molecular weight is 444 g/mol. The zero-order chi connectivity index (χ0) is 21.1. The molecule has 0 atom stereocenters. The second-order valence-electron chi connectivity index (χ2n) is 6.88. The molecule has 0 radical (unpaired) electrons. The number of benzene rings is 1. The lowest BCUT2D eigenvalue weighted by molar-refractivity contribution is 0.0842. The van der Waals surface area contributed by atoms with Gasteiger partial charge in [0.2, 0.25) is 0 Å². The highest BCUT2D eigenvalue weighted by Crippen LogP contribution is 2.27. The summed E-state index contributed by atoms with van der Waals surface area (Å²) in [5, 5.41) is 4.88. The van der Waals surface area contributed by atoms with Crippen molar-refractivity contribution in [3.63, 3.8) is 0 Å². The number of nitrogens with zero attached hydrogens (tertiary/aromatic N) is 3. The van der Waals surface area contributed by atoms with Crippen LogP contribution in [0, 0.1) is 13.8 Å². The van der Waals surface area contributed by atoms with Crippen LogP contribution in [0.5, 0.6) is 0 Å². The lowest BCUT2D eigenvalue weighted by atomic mass is 10.1. The van der Waals surface area contributed by atoms with Gasteiger partial charge in [0.15, 0.2) is 5.13 Å². The van der Waals surface area contributed by atoms with Crippen LogP contribution in [-0.4, -0.2) is 48.1 Å². The van der Waals surface area contributed by atoms with Crippen LogP contribution < -0.4 is 15.8 Å². The highest BCUT2D eigenvalue weighted by atomic mass is 32.1. The van der Waals surface area contributed by atoms with Gasteiger partial charge in [0.1, 0.15) is 16.4 Å². The van der Waals surface area contributed by atoms with Crippen LogP contribution in [0.4, 0.5) is 5.13 Å². The van der Waals surface area contributed by atoms with E-state index in [0.717, 1.165) is 34.4 Å². The quantitative estimate of drug-likeness (QED) is 0.602. The predicted molar refractivity (Wildman–Crippen MR) is 117 cm³/mol. The molecule has 0 aliphatic carbocycles. The summed E-state index contributed by atoms with van der Waals surface area (Å²) in [5.41, 5.74) is 8.60. The number of ether oxygens (including phenoxy) is 1. The van der Waals surface area contributed by atoms with Crippen molar-refractivity contribution < 1.29 is 14.3 Å². The van der Waals surface area contributed by atoms with Gasteiger partial charge in [-0.1, -0.05) is 23.8 Å². The highest BCUT2D eigenvalue weighted by Gasteiger charge is 2.19. The summed E-state index contributed by atoms with van der Waals surface area (Å²) in [5.74, 6) is -0.941. The second kappa shape index (κ2) is 8.90. The third-order valence-electron chi connectivity index (χ3n) is 4.65. The Balaban J connectivity index is 1.36. The van der Waals surface area contributed by atoms with Gasteiger partial charge in [-0.2, -0.15) is 0 Å². The van der Waals surface area contributed by atoms with Crippen LogP contribution in [0.15, 0.2) is 29.0 Å². The molecular weight excluding hydrogens is 422 g/mol. The Kier molecular flexibility index (Phi) is 6.07. The van der Waals surface area contributed by atoms with Crippen molar-refractivity contribution in [3.8, 4) is 10.6 Å². The van der Waals surface area contributed by atoms with Gasteiger partial charge in [0.25, 0.3) is 11.8 Å². The van der Waals surface area contributed by atoms with Gasteiger partial charge in [0.05, 0.1) is 13.2 Å². The largest absolute Gasteiger partial charge is 0.378 e. The summed E-state index contributed by atoms with van der Waals surface area (Å²) in [6.45, 7) is 6.84. The minimum atomic E-state index is -0.473. The lowest BCUT2D eigenvalue weighted by Gasteiger charge is -2.25. The van der Waals surface area contributed by atoms with Crippen molar-refractivity contribution in [2.75, 3.05) is 31.2 Å². The van der Waals surface area contributed by atoms with Crippen molar-refractivity contribution in [2.45, 2.75) is 13.8 Å². The van der Waals surface area contributed by atoms with Crippen molar-refractivity contribution in [1.82, 2.24) is 20.8 Å². The first kappa shape index (κ1) is 20.5. The Labute approximate surface area is 181 Å². The number of carbonyl (C=O) groups excluding carboxylic acids is 2. The Morgan fingerprint density at radius 1 is 1.00 bits per heavy atom. The molecule has 2 aromatic heterocycles. The van der Waals surface area contributed by atoms with Crippen molar-refractivity contribution in [1.29, 1.82) is 0 Å². The number of amides is 2. The molecule has 4 rings (SSSR count). The van der Waals surface area contributed by atoms with Crippen molar-refractivity contribution in [2.24, 2.45) is 0 Å². The third-order valence-corrected chi connectivity index (χ3v) is 6.42. The number of rotatable bonds is 4. The number of carbonyl (C=O) groups is 2. The Bertz CT molecular complexity index is 1070. The number of aryl methyl sites for hydroxylation is 2. The summed E-state index contributed by atoms with van der Waals surface area (Å²) in [6.07, 6.45) is 0. The first-order valence-corrected chi connectivity index (χ1v) is 11.2. The maximum Gasteiger partial charge on any atom is 0.289 e. The summed E-state index contributed by atoms with van der Waals surface area (Å²) in [4.78, 5) is 35.6. The second-order valence-corrected chi connectivity index (χ2v) is 8.57. The normalized spacial score (nSPS) is 13.9. The standard InChI is InChI=1S/C20H21N5O3S2/c1-12-3-4-14(13(2)9-12)19-21-15(10-29-19)17(26)23-24-18(27)16-11-30-20(22-16)25-5-7-28-8-6-25/h3-4,9-11H,5-8H2,1-2H3,(H,23,26)(H,24,27). The molecule has 10 heteroatoms. The summed E-state index contributed by atoms with van der Waals surface area (Å²) in [6, 6.07) is 6.10. The van der Waals surface area contributed by atoms with E-state index >= 15 is 0 Å². The van der Waals surface area contributed by atoms with Crippen molar-refractivity contribution in [3.05, 3.63) is 51.5 Å². The molecule has 0 spiro atoms. The lowest BCUT2D eigenvalue weighted by Crippen LogP contribution is -2.42. The molecule has 2 amide bonds. The fourth-order valence-electron chi connectivity index (χ4n) is 3.07. The fraction of sp³-hybridized carbons (Fsp3) is 0.300. The van der Waals surface area contributed by atoms with Gasteiger partial charge in [-0.15, -0.1) is 22.7 Å². The average Bonchev–Trinajstić information content (AvgIpc) is 3.43. The molecule has 1 saturated heterocycles. The Morgan fingerprint density at radius 3 is 2.37 bits per heavy atom. The molecule has 2 N–H and O–H groups in total. The number of hydrogen-bond acceptors (Lipinski definition) is 8. The molecular formula is C20H21N5O3S2. The van der Waals surface area contributed by atoms with Crippen LogP contribution in [0.25, 0.3) is 10.6 Å². The van der Waals surface area contributed by atoms with Crippen LogP contribution >= 0.6 is 22.7 Å². The molecule has 0 unspecified atom stereocenters. The smallest absolute Gasteiger partial charge is 0.289 e. The molecule has 1 fully saturated rings. The number of thiazole rings is 2. The van der Waals surface area contributed by atoms with Crippen LogP contribution in [0.2, 0.25) is 0 Å². The van der Waals surface area contributed by atoms with Crippen LogP contribution in [0.3, 0.4) is 0 Å². The van der Waals surface area contributed by atoms with E-state index in [9.17, 15) is 9.59 Å².